The number of rotatable bonds is 4. The molecule has 24 heavy (non-hydrogen) atoms. The van der Waals surface area contributed by atoms with Gasteiger partial charge in [-0.3, -0.25) is 9.59 Å². The van der Waals surface area contributed by atoms with Crippen LogP contribution in [0.15, 0.2) is 0 Å². The van der Waals surface area contributed by atoms with Crippen LogP contribution >= 0.6 is 22.9 Å². The number of halogens is 3. The highest BCUT2D eigenvalue weighted by Crippen LogP contribution is 2.32. The number of nitrogens with one attached hydrogen (secondary N) is 1. The van der Waals surface area contributed by atoms with E-state index < -0.39 is 23.3 Å². The molecule has 1 aromatic heterocycles. The third-order valence-corrected chi connectivity index (χ3v) is 5.64. The van der Waals surface area contributed by atoms with E-state index in [0.29, 0.717) is 37.5 Å². The second-order valence-electron chi connectivity index (χ2n) is 5.66. The molecule has 0 aliphatic carbocycles. The van der Waals surface area contributed by atoms with Crippen LogP contribution in [0.2, 0.25) is 5.15 Å². The predicted molar refractivity (Wildman–Crippen MR) is 83.5 cm³/mol. The Bertz CT molecular complexity index is 637. The molecule has 3 heterocycles. The standard InChI is InChI=1S/C14H16ClF2N3O3S/c15-10-9(11(16)17)24-13(19-10)12(21)18-8-1-4-20(14(8)22)7-2-5-23-6-3-7/h7-8,11H,1-6H2,(H,18,21). The summed E-state index contributed by atoms with van der Waals surface area (Å²) < 4.78 is 30.7. The first-order valence-corrected chi connectivity index (χ1v) is 8.80. The number of hydrogen-bond acceptors (Lipinski definition) is 5. The van der Waals surface area contributed by atoms with Gasteiger partial charge in [0.15, 0.2) is 5.01 Å². The average Bonchev–Trinajstić information content (AvgIpc) is 3.12. The van der Waals surface area contributed by atoms with E-state index in [1.807, 2.05) is 0 Å². The molecule has 1 aromatic rings. The summed E-state index contributed by atoms with van der Waals surface area (Å²) in [7, 11) is 0. The molecule has 1 N–H and O–H groups in total. The highest BCUT2D eigenvalue weighted by Gasteiger charge is 2.37. The van der Waals surface area contributed by atoms with E-state index in [2.05, 4.69) is 10.3 Å². The van der Waals surface area contributed by atoms with E-state index in [4.69, 9.17) is 16.3 Å². The Morgan fingerprint density at radius 2 is 2.08 bits per heavy atom. The fraction of sp³-hybridized carbons (Fsp3) is 0.643. The predicted octanol–water partition coefficient (Wildman–Crippen LogP) is 2.24. The summed E-state index contributed by atoms with van der Waals surface area (Å²) >= 11 is 6.15. The number of ether oxygens (including phenoxy) is 1. The van der Waals surface area contributed by atoms with Crippen LogP contribution in [0.4, 0.5) is 8.78 Å². The van der Waals surface area contributed by atoms with Gasteiger partial charge >= 0.3 is 0 Å². The molecule has 2 saturated heterocycles. The molecular weight excluding hydrogens is 364 g/mol. The third kappa shape index (κ3) is 3.52. The van der Waals surface area contributed by atoms with Crippen molar-refractivity contribution < 1.29 is 23.1 Å². The second-order valence-corrected chi connectivity index (χ2v) is 7.05. The first-order chi connectivity index (χ1) is 11.5. The van der Waals surface area contributed by atoms with Gasteiger partial charge in [-0.05, 0) is 19.3 Å². The normalized spacial score (nSPS) is 22.4. The van der Waals surface area contributed by atoms with Gasteiger partial charge in [0, 0.05) is 25.8 Å². The lowest BCUT2D eigenvalue weighted by Crippen LogP contribution is -2.46. The van der Waals surface area contributed by atoms with E-state index in [9.17, 15) is 18.4 Å². The summed E-state index contributed by atoms with van der Waals surface area (Å²) in [5.74, 6) is -0.798. The van der Waals surface area contributed by atoms with Gasteiger partial charge in [0.25, 0.3) is 12.3 Å². The highest BCUT2D eigenvalue weighted by atomic mass is 35.5. The van der Waals surface area contributed by atoms with E-state index in [1.165, 1.54) is 0 Å². The molecule has 0 saturated carbocycles. The van der Waals surface area contributed by atoms with Crippen LogP contribution in [0.5, 0.6) is 0 Å². The molecule has 2 aliphatic rings. The van der Waals surface area contributed by atoms with Crippen LogP contribution in [-0.4, -0.2) is 53.5 Å². The molecule has 1 unspecified atom stereocenters. The van der Waals surface area contributed by atoms with E-state index in [0.717, 1.165) is 12.8 Å². The van der Waals surface area contributed by atoms with Crippen LogP contribution in [-0.2, 0) is 9.53 Å². The number of alkyl halides is 2. The molecule has 0 bridgehead atoms. The smallest absolute Gasteiger partial charge is 0.280 e. The number of amides is 2. The minimum absolute atomic E-state index is 0.132. The minimum Gasteiger partial charge on any atom is -0.381 e. The van der Waals surface area contributed by atoms with Gasteiger partial charge in [-0.25, -0.2) is 13.8 Å². The Morgan fingerprint density at radius 1 is 1.38 bits per heavy atom. The fourth-order valence-corrected chi connectivity index (χ4v) is 4.01. The molecule has 2 aliphatic heterocycles. The quantitative estimate of drug-likeness (QED) is 0.871. The van der Waals surface area contributed by atoms with Gasteiger partial charge in [-0.1, -0.05) is 11.6 Å². The summed E-state index contributed by atoms with van der Waals surface area (Å²) in [6.07, 6.45) is -0.727. The molecular formula is C14H16ClF2N3O3S. The summed E-state index contributed by atoms with van der Waals surface area (Å²) in [5.41, 5.74) is 0. The number of carbonyl (C=O) groups excluding carboxylic acids is 2. The van der Waals surface area contributed by atoms with E-state index in [-0.39, 0.29) is 22.1 Å². The second kappa shape index (κ2) is 7.28. The first kappa shape index (κ1) is 17.5. The Hall–Kier alpha value is -1.32. The maximum absolute atomic E-state index is 12.7. The molecule has 6 nitrogen and oxygen atoms in total. The van der Waals surface area contributed by atoms with Gasteiger partial charge in [-0.2, -0.15) is 0 Å². The molecule has 0 spiro atoms. The van der Waals surface area contributed by atoms with Crippen molar-refractivity contribution in [2.45, 2.75) is 37.8 Å². The average molecular weight is 380 g/mol. The Morgan fingerprint density at radius 3 is 2.71 bits per heavy atom. The lowest BCUT2D eigenvalue weighted by molar-refractivity contribution is -0.132. The summed E-state index contributed by atoms with van der Waals surface area (Å²) in [6, 6.07) is -0.522. The van der Waals surface area contributed by atoms with Crippen LogP contribution in [0, 0.1) is 0 Å². The van der Waals surface area contributed by atoms with Crippen LogP contribution < -0.4 is 5.32 Å². The zero-order chi connectivity index (χ0) is 17.3. The van der Waals surface area contributed by atoms with Crippen molar-refractivity contribution in [1.29, 1.82) is 0 Å². The van der Waals surface area contributed by atoms with Crippen LogP contribution in [0.1, 0.15) is 40.4 Å². The zero-order valence-corrected chi connectivity index (χ0v) is 14.2. The lowest BCUT2D eigenvalue weighted by Gasteiger charge is -2.31. The summed E-state index contributed by atoms with van der Waals surface area (Å²) in [6.45, 7) is 1.81. The summed E-state index contributed by atoms with van der Waals surface area (Å²) in [5, 5.41) is 2.04. The molecule has 1 atom stereocenters. The van der Waals surface area contributed by atoms with Crippen molar-refractivity contribution in [2.75, 3.05) is 19.8 Å². The van der Waals surface area contributed by atoms with Gasteiger partial charge < -0.3 is 15.0 Å². The Kier molecular flexibility index (Phi) is 5.31. The number of hydrogen-bond donors (Lipinski definition) is 1. The van der Waals surface area contributed by atoms with Gasteiger partial charge in [0.05, 0.1) is 0 Å². The fourth-order valence-electron chi connectivity index (χ4n) is 2.96. The molecule has 2 fully saturated rings. The molecule has 0 aromatic carbocycles. The van der Waals surface area contributed by atoms with Crippen molar-refractivity contribution >= 4 is 34.8 Å². The van der Waals surface area contributed by atoms with Crippen molar-refractivity contribution in [2.24, 2.45) is 0 Å². The molecule has 0 radical (unpaired) electrons. The van der Waals surface area contributed by atoms with Crippen molar-refractivity contribution in [1.82, 2.24) is 15.2 Å². The van der Waals surface area contributed by atoms with Gasteiger partial charge in [0.1, 0.15) is 16.1 Å². The third-order valence-electron chi connectivity index (χ3n) is 4.18. The molecule has 2 amide bonds. The monoisotopic (exact) mass is 379 g/mol. The maximum atomic E-state index is 12.7. The van der Waals surface area contributed by atoms with Crippen LogP contribution in [0.25, 0.3) is 0 Å². The Balaban J connectivity index is 1.62. The van der Waals surface area contributed by atoms with E-state index >= 15 is 0 Å². The lowest BCUT2D eigenvalue weighted by atomic mass is 10.1. The molecule has 3 rings (SSSR count). The molecule has 10 heteroatoms. The zero-order valence-electron chi connectivity index (χ0n) is 12.6. The number of likely N-dealkylation sites (tertiary alicyclic amines) is 1. The summed E-state index contributed by atoms with van der Waals surface area (Å²) in [4.78, 5) is 29.6. The Labute approximate surface area is 146 Å². The van der Waals surface area contributed by atoms with Crippen molar-refractivity contribution in [3.8, 4) is 0 Å². The number of nitrogens with zero attached hydrogens (tertiary/aromatic N) is 2. The first-order valence-electron chi connectivity index (χ1n) is 7.61. The largest absolute Gasteiger partial charge is 0.381 e. The van der Waals surface area contributed by atoms with Gasteiger partial charge in [-0.15, -0.1) is 11.3 Å². The van der Waals surface area contributed by atoms with Crippen molar-refractivity contribution in [3.63, 3.8) is 0 Å². The topological polar surface area (TPSA) is 71.5 Å². The highest BCUT2D eigenvalue weighted by molar-refractivity contribution is 7.14. The van der Waals surface area contributed by atoms with E-state index in [1.54, 1.807) is 4.90 Å². The van der Waals surface area contributed by atoms with Crippen LogP contribution in [0.3, 0.4) is 0 Å². The minimum atomic E-state index is -2.78. The SMILES string of the molecule is O=C(NC1CCN(C2CCOCC2)C1=O)c1nc(Cl)c(C(F)F)s1. The maximum Gasteiger partial charge on any atom is 0.280 e. The molecule has 132 valence electrons. The van der Waals surface area contributed by atoms with Gasteiger partial charge in [0.2, 0.25) is 5.91 Å². The number of carbonyl (C=O) groups is 2. The number of thiazole rings is 1. The van der Waals surface area contributed by atoms with Crippen molar-refractivity contribution in [3.05, 3.63) is 15.0 Å². The number of aromatic nitrogens is 1.